The van der Waals surface area contributed by atoms with Crippen LogP contribution in [0.4, 0.5) is 11.5 Å². The minimum atomic E-state index is -0.878. The molecule has 5 rings (SSSR count). The third-order valence-corrected chi connectivity index (χ3v) is 7.20. The predicted molar refractivity (Wildman–Crippen MR) is 153 cm³/mol. The Hall–Kier alpha value is -4.62. The number of aryl methyl sites for hydroxylation is 1. The van der Waals surface area contributed by atoms with Gasteiger partial charge in [0.2, 0.25) is 5.91 Å². The van der Waals surface area contributed by atoms with E-state index in [1.807, 2.05) is 6.92 Å². The highest BCUT2D eigenvalue weighted by molar-refractivity contribution is 6.33. The molecule has 41 heavy (non-hydrogen) atoms. The molecule has 4 aromatic rings. The number of nitrogens with zero attached hydrogens (tertiary/aromatic N) is 5. The summed E-state index contributed by atoms with van der Waals surface area (Å²) in [5.41, 5.74) is 6.26. The number of aromatic nitrogens is 4. The highest BCUT2D eigenvalue weighted by atomic mass is 35.5. The van der Waals surface area contributed by atoms with Gasteiger partial charge in [-0.1, -0.05) is 11.6 Å². The summed E-state index contributed by atoms with van der Waals surface area (Å²) in [5.74, 6) is -1.07. The van der Waals surface area contributed by atoms with Crippen LogP contribution in [0.15, 0.2) is 41.7 Å². The topological polar surface area (TPSA) is 167 Å². The number of hydrogen-bond donors (Lipinski definition) is 3. The van der Waals surface area contributed by atoms with Crippen LogP contribution in [-0.4, -0.2) is 68.9 Å². The van der Waals surface area contributed by atoms with Crippen molar-refractivity contribution >= 4 is 46.0 Å². The molecule has 0 radical (unpaired) electrons. The number of ether oxygens (including phenoxy) is 2. The smallest absolute Gasteiger partial charge is 0.263 e. The maximum absolute atomic E-state index is 13.2. The molecule has 13 nitrogen and oxygen atoms in total. The van der Waals surface area contributed by atoms with Crippen molar-refractivity contribution in [1.82, 2.24) is 19.1 Å². The van der Waals surface area contributed by atoms with Crippen molar-refractivity contribution in [1.29, 1.82) is 0 Å². The van der Waals surface area contributed by atoms with Crippen molar-refractivity contribution in [3.63, 3.8) is 0 Å². The van der Waals surface area contributed by atoms with E-state index in [2.05, 4.69) is 20.2 Å². The Bertz CT molecular complexity index is 1730. The first-order chi connectivity index (χ1) is 19.6. The van der Waals surface area contributed by atoms with Crippen LogP contribution >= 0.6 is 11.6 Å². The normalized spacial score (nSPS) is 15.2. The number of hydrogen-bond acceptors (Lipinski definition) is 9. The van der Waals surface area contributed by atoms with Gasteiger partial charge in [0.1, 0.15) is 18.0 Å². The first kappa shape index (κ1) is 27.9. The summed E-state index contributed by atoms with van der Waals surface area (Å²) in [7, 11) is 2.88. The fraction of sp³-hybridized carbons (Fsp3) is 0.296. The number of carbonyl (C=O) groups excluding carboxylic acids is 2. The lowest BCUT2D eigenvalue weighted by atomic mass is 10.0. The van der Waals surface area contributed by atoms with Gasteiger partial charge in [0, 0.05) is 31.4 Å². The second-order valence-corrected chi connectivity index (χ2v) is 10.1. The number of morpholine rings is 1. The van der Waals surface area contributed by atoms with Crippen LogP contribution in [0.2, 0.25) is 5.02 Å². The molecule has 1 aliphatic rings. The summed E-state index contributed by atoms with van der Waals surface area (Å²) in [6, 6.07) is 4.64. The van der Waals surface area contributed by atoms with Crippen LogP contribution < -0.4 is 26.2 Å². The Labute approximate surface area is 239 Å². The van der Waals surface area contributed by atoms with Gasteiger partial charge < -0.3 is 39.7 Å². The molecule has 3 aromatic heterocycles. The number of rotatable bonds is 7. The Balaban J connectivity index is 1.52. The second kappa shape index (κ2) is 11.1. The molecule has 0 spiro atoms. The number of amides is 2. The molecule has 0 unspecified atom stereocenters. The van der Waals surface area contributed by atoms with Gasteiger partial charge in [-0.05, 0) is 24.6 Å². The minimum Gasteiger partial charge on any atom is -0.504 e. The highest BCUT2D eigenvalue weighted by Gasteiger charge is 2.23. The van der Waals surface area contributed by atoms with E-state index >= 15 is 0 Å². The number of anilines is 2. The molecule has 2 amide bonds. The van der Waals surface area contributed by atoms with Gasteiger partial charge in [0.05, 0.1) is 60.5 Å². The lowest BCUT2D eigenvalue weighted by Crippen LogP contribution is -2.44. The molecule has 1 aromatic carbocycles. The van der Waals surface area contributed by atoms with Crippen molar-refractivity contribution in [3.8, 4) is 22.6 Å². The molecule has 1 saturated heterocycles. The summed E-state index contributed by atoms with van der Waals surface area (Å²) >= 11 is 6.36. The Morgan fingerprint density at radius 1 is 1.29 bits per heavy atom. The van der Waals surface area contributed by atoms with Crippen molar-refractivity contribution in [2.75, 3.05) is 37.1 Å². The molecular formula is C27H28ClN7O6. The van der Waals surface area contributed by atoms with E-state index in [4.69, 9.17) is 26.8 Å². The van der Waals surface area contributed by atoms with Crippen LogP contribution in [0.5, 0.6) is 11.5 Å². The van der Waals surface area contributed by atoms with Gasteiger partial charge in [-0.15, -0.1) is 0 Å². The van der Waals surface area contributed by atoms with Crippen molar-refractivity contribution in [2.45, 2.75) is 19.5 Å². The maximum Gasteiger partial charge on any atom is 0.263 e. The zero-order valence-corrected chi connectivity index (χ0v) is 23.3. The van der Waals surface area contributed by atoms with Gasteiger partial charge in [-0.25, -0.2) is 9.97 Å². The maximum atomic E-state index is 13.2. The summed E-state index contributed by atoms with van der Waals surface area (Å²) in [5, 5.41) is 13.7. The van der Waals surface area contributed by atoms with Crippen LogP contribution in [-0.2, 0) is 23.1 Å². The van der Waals surface area contributed by atoms with E-state index in [1.165, 1.54) is 40.9 Å². The molecule has 1 atom stereocenters. The number of carbonyl (C=O) groups is 2. The van der Waals surface area contributed by atoms with Gasteiger partial charge in [0.15, 0.2) is 11.5 Å². The van der Waals surface area contributed by atoms with Gasteiger partial charge >= 0.3 is 0 Å². The number of nitrogens with one attached hydrogen (secondary N) is 1. The number of aromatic hydroxyl groups is 1. The molecular weight excluding hydrogens is 554 g/mol. The standard InChI is InChI=1S/C27H28ClN7O6/c1-14-12-41-5-4-35(14)21-8-19(18(28)9-30-21)32-22(36)11-34-10-17(23-26(34)31-13-33(2)27(23)39)15-6-16(25(29)38)24(37)20(7-15)40-3/h6-10,13-14,37H,4-5,11-12H2,1-3H3,(H2,29,38)(H,30,32,36)/t14-/m0/s1. The van der Waals surface area contributed by atoms with Crippen molar-refractivity contribution in [3.05, 3.63) is 57.9 Å². The molecule has 0 bridgehead atoms. The number of fused-ring (bicyclic) bond motifs is 1. The Kier molecular flexibility index (Phi) is 7.56. The zero-order chi connectivity index (χ0) is 29.4. The zero-order valence-electron chi connectivity index (χ0n) is 22.5. The number of benzene rings is 1. The van der Waals surface area contributed by atoms with Crippen molar-refractivity contribution < 1.29 is 24.2 Å². The largest absolute Gasteiger partial charge is 0.504 e. The lowest BCUT2D eigenvalue weighted by Gasteiger charge is -2.34. The van der Waals surface area contributed by atoms with Crippen molar-refractivity contribution in [2.24, 2.45) is 12.8 Å². The molecule has 4 N–H and O–H groups in total. The van der Waals surface area contributed by atoms with Crippen LogP contribution in [0, 0.1) is 0 Å². The SMILES string of the molecule is COc1cc(-c2cn(CC(=O)Nc3cc(N4CCOC[C@@H]4C)ncc3Cl)c3ncn(C)c(=O)c23)cc(C(N)=O)c1O. The van der Waals surface area contributed by atoms with E-state index in [0.29, 0.717) is 42.4 Å². The van der Waals surface area contributed by atoms with E-state index < -0.39 is 17.6 Å². The van der Waals surface area contributed by atoms with Crippen LogP contribution in [0.3, 0.4) is 0 Å². The molecule has 0 saturated carbocycles. The average molecular weight is 582 g/mol. The summed E-state index contributed by atoms with van der Waals surface area (Å²) < 4.78 is 13.5. The van der Waals surface area contributed by atoms with E-state index in [-0.39, 0.29) is 45.5 Å². The Morgan fingerprint density at radius 3 is 2.78 bits per heavy atom. The van der Waals surface area contributed by atoms with Gasteiger partial charge in [0.25, 0.3) is 11.5 Å². The number of pyridine rings is 1. The quantitative estimate of drug-likeness (QED) is 0.296. The summed E-state index contributed by atoms with van der Waals surface area (Å²) in [6.45, 7) is 3.60. The van der Waals surface area contributed by atoms with Crippen LogP contribution in [0.1, 0.15) is 17.3 Å². The molecule has 214 valence electrons. The predicted octanol–water partition coefficient (Wildman–Crippen LogP) is 2.13. The summed E-state index contributed by atoms with van der Waals surface area (Å²) in [4.78, 5) is 49.3. The molecule has 1 aliphatic heterocycles. The fourth-order valence-electron chi connectivity index (χ4n) is 4.80. The molecule has 4 heterocycles. The monoisotopic (exact) mass is 581 g/mol. The fourth-order valence-corrected chi connectivity index (χ4v) is 4.95. The number of nitrogens with two attached hydrogens (primary N) is 1. The van der Waals surface area contributed by atoms with Gasteiger partial charge in [-0.2, -0.15) is 0 Å². The third-order valence-electron chi connectivity index (χ3n) is 6.90. The minimum absolute atomic E-state index is 0.00613. The highest BCUT2D eigenvalue weighted by Crippen LogP contribution is 2.37. The van der Waals surface area contributed by atoms with Crippen LogP contribution in [0.25, 0.3) is 22.2 Å². The average Bonchev–Trinajstić information content (AvgIpc) is 3.30. The number of methoxy groups -OCH3 is 1. The molecule has 0 aliphatic carbocycles. The summed E-state index contributed by atoms with van der Waals surface area (Å²) in [6.07, 6.45) is 4.41. The van der Waals surface area contributed by atoms with E-state index in [9.17, 15) is 19.5 Å². The lowest BCUT2D eigenvalue weighted by molar-refractivity contribution is -0.116. The van der Waals surface area contributed by atoms with E-state index in [0.717, 1.165) is 0 Å². The number of primary amides is 1. The number of halogens is 1. The number of phenols is 1. The second-order valence-electron chi connectivity index (χ2n) is 9.66. The van der Waals surface area contributed by atoms with E-state index in [1.54, 1.807) is 19.3 Å². The molecule has 1 fully saturated rings. The first-order valence-corrected chi connectivity index (χ1v) is 13.0. The Morgan fingerprint density at radius 2 is 2.07 bits per heavy atom. The third kappa shape index (κ3) is 5.28. The molecule has 14 heteroatoms. The first-order valence-electron chi connectivity index (χ1n) is 12.6. The van der Waals surface area contributed by atoms with Gasteiger partial charge in [-0.3, -0.25) is 14.4 Å².